The first-order chi connectivity index (χ1) is 14.0. The summed E-state index contributed by atoms with van der Waals surface area (Å²) in [7, 11) is 0.463. The lowest BCUT2D eigenvalue weighted by atomic mass is 10.1. The summed E-state index contributed by atoms with van der Waals surface area (Å²) in [5.41, 5.74) is 1.08. The molecule has 0 saturated carbocycles. The van der Waals surface area contributed by atoms with E-state index in [1.54, 1.807) is 57.5 Å². The van der Waals surface area contributed by atoms with Gasteiger partial charge in [-0.25, -0.2) is 0 Å². The van der Waals surface area contributed by atoms with Crippen LogP contribution in [0.4, 0.5) is 18.9 Å². The number of hydrogen-bond acceptors (Lipinski definition) is 2. The monoisotopic (exact) mass is 434 g/mol. The molecule has 1 aromatic heterocycles. The van der Waals surface area contributed by atoms with Gasteiger partial charge in [-0.15, -0.1) is 0 Å². The number of carbonyl (C=O) groups is 1. The molecule has 0 saturated heterocycles. The zero-order chi connectivity index (χ0) is 22.2. The zero-order valence-corrected chi connectivity index (χ0v) is 17.8. The normalized spacial score (nSPS) is 12.6. The van der Waals surface area contributed by atoms with Gasteiger partial charge in [-0.1, -0.05) is 12.1 Å². The summed E-state index contributed by atoms with van der Waals surface area (Å²) in [5, 5.41) is 0. The fraction of sp³-hybridized carbons (Fsp3) is 0.227. The standard InChI is InChI=1S/C22H21F3N2O2S/c1-14-13-18(21(28)26(3)16-9-11-17(12-10-16)30(4)29)15(2)27(14)20-8-6-5-7-19(20)22(23,24)25/h5-13H,1-4H3. The Labute approximate surface area is 175 Å². The van der Waals surface area contributed by atoms with Crippen LogP contribution in [-0.4, -0.2) is 28.0 Å². The van der Waals surface area contributed by atoms with Crippen molar-refractivity contribution >= 4 is 22.4 Å². The number of benzene rings is 2. The molecule has 0 spiro atoms. The van der Waals surface area contributed by atoms with Gasteiger partial charge in [0.05, 0.1) is 16.8 Å². The summed E-state index contributed by atoms with van der Waals surface area (Å²) >= 11 is 0. The molecule has 1 unspecified atom stereocenters. The Morgan fingerprint density at radius 2 is 1.63 bits per heavy atom. The first kappa shape index (κ1) is 21.8. The third-order valence-electron chi connectivity index (χ3n) is 4.97. The number of rotatable bonds is 4. The SMILES string of the molecule is Cc1cc(C(=O)N(C)c2ccc(S(C)=O)cc2)c(C)n1-c1ccccc1C(F)(F)F. The number of aromatic nitrogens is 1. The molecule has 30 heavy (non-hydrogen) atoms. The van der Waals surface area contributed by atoms with Crippen LogP contribution in [0.15, 0.2) is 59.5 Å². The van der Waals surface area contributed by atoms with E-state index in [9.17, 15) is 22.2 Å². The molecule has 1 heterocycles. The van der Waals surface area contributed by atoms with Crippen LogP contribution in [0, 0.1) is 13.8 Å². The Kier molecular flexibility index (Phi) is 5.90. The van der Waals surface area contributed by atoms with E-state index in [0.717, 1.165) is 6.07 Å². The molecule has 2 aromatic carbocycles. The van der Waals surface area contributed by atoms with Crippen LogP contribution >= 0.6 is 0 Å². The Morgan fingerprint density at radius 3 is 2.20 bits per heavy atom. The molecule has 1 amide bonds. The summed E-state index contributed by atoms with van der Waals surface area (Å²) in [6.45, 7) is 3.30. The number of carbonyl (C=O) groups excluding carboxylic acids is 1. The highest BCUT2D eigenvalue weighted by Crippen LogP contribution is 2.35. The molecule has 0 aliphatic carbocycles. The molecule has 1 atom stereocenters. The van der Waals surface area contributed by atoms with Crippen LogP contribution < -0.4 is 4.90 Å². The highest BCUT2D eigenvalue weighted by Gasteiger charge is 2.34. The number of halogens is 3. The maximum absolute atomic E-state index is 13.5. The number of hydrogen-bond donors (Lipinski definition) is 0. The lowest BCUT2D eigenvalue weighted by molar-refractivity contribution is -0.137. The van der Waals surface area contributed by atoms with E-state index in [1.165, 1.54) is 27.7 Å². The molecule has 0 fully saturated rings. The van der Waals surface area contributed by atoms with E-state index in [0.29, 0.717) is 27.5 Å². The number of nitrogens with zero attached hydrogens (tertiary/aromatic N) is 2. The van der Waals surface area contributed by atoms with Gasteiger partial charge in [0.25, 0.3) is 5.91 Å². The average Bonchev–Trinajstić information content (AvgIpc) is 3.00. The summed E-state index contributed by atoms with van der Waals surface area (Å²) in [6.07, 6.45) is -2.95. The van der Waals surface area contributed by atoms with E-state index in [2.05, 4.69) is 0 Å². The number of amides is 1. The molecule has 3 rings (SSSR count). The molecule has 158 valence electrons. The highest BCUT2D eigenvalue weighted by atomic mass is 32.2. The van der Waals surface area contributed by atoms with E-state index < -0.39 is 22.5 Å². The maximum atomic E-state index is 13.5. The van der Waals surface area contributed by atoms with Crippen molar-refractivity contribution in [2.45, 2.75) is 24.9 Å². The number of aryl methyl sites for hydroxylation is 1. The van der Waals surface area contributed by atoms with E-state index >= 15 is 0 Å². The fourth-order valence-electron chi connectivity index (χ4n) is 3.42. The van der Waals surface area contributed by atoms with Crippen molar-refractivity contribution in [3.63, 3.8) is 0 Å². The van der Waals surface area contributed by atoms with Crippen molar-refractivity contribution in [2.75, 3.05) is 18.2 Å². The van der Waals surface area contributed by atoms with Gasteiger partial charge in [0.2, 0.25) is 0 Å². The molecule has 0 aliphatic heterocycles. The Balaban J connectivity index is 2.02. The Bertz CT molecular complexity index is 1120. The molecule has 0 bridgehead atoms. The molecule has 4 nitrogen and oxygen atoms in total. The first-order valence-corrected chi connectivity index (χ1v) is 10.6. The third kappa shape index (κ3) is 4.05. The maximum Gasteiger partial charge on any atom is 0.418 e. The summed E-state index contributed by atoms with van der Waals surface area (Å²) in [5.74, 6) is -0.343. The fourth-order valence-corrected chi connectivity index (χ4v) is 3.94. The van der Waals surface area contributed by atoms with Crippen LogP contribution in [0.3, 0.4) is 0 Å². The van der Waals surface area contributed by atoms with E-state index in [1.807, 2.05) is 0 Å². The topological polar surface area (TPSA) is 42.3 Å². The Hall–Kier alpha value is -2.87. The van der Waals surface area contributed by atoms with Gasteiger partial charge >= 0.3 is 6.18 Å². The molecule has 8 heteroatoms. The van der Waals surface area contributed by atoms with Gasteiger partial charge in [-0.2, -0.15) is 13.2 Å². The van der Waals surface area contributed by atoms with Crippen LogP contribution in [0.2, 0.25) is 0 Å². The van der Waals surface area contributed by atoms with Gasteiger partial charge < -0.3 is 9.47 Å². The van der Waals surface area contributed by atoms with Gasteiger partial charge in [-0.3, -0.25) is 9.00 Å². The minimum absolute atomic E-state index is 0.0171. The predicted octanol–water partition coefficient (Wildman–Crippen LogP) is 5.13. The first-order valence-electron chi connectivity index (χ1n) is 9.09. The third-order valence-corrected chi connectivity index (χ3v) is 5.91. The number of para-hydroxylation sites is 1. The van der Waals surface area contributed by atoms with Crippen LogP contribution in [-0.2, 0) is 17.0 Å². The van der Waals surface area contributed by atoms with Gasteiger partial charge in [0.1, 0.15) is 0 Å². The summed E-state index contributed by atoms with van der Waals surface area (Å²) < 4.78 is 53.5. The Morgan fingerprint density at radius 1 is 1.03 bits per heavy atom. The molecule has 0 radical (unpaired) electrons. The summed E-state index contributed by atoms with van der Waals surface area (Å²) in [4.78, 5) is 15.2. The van der Waals surface area contributed by atoms with Gasteiger partial charge in [0, 0.05) is 46.1 Å². The highest BCUT2D eigenvalue weighted by molar-refractivity contribution is 7.84. The smallest absolute Gasteiger partial charge is 0.317 e. The molecule has 0 aliphatic rings. The van der Waals surface area contributed by atoms with Crippen molar-refractivity contribution in [2.24, 2.45) is 0 Å². The van der Waals surface area contributed by atoms with Crippen molar-refractivity contribution < 1.29 is 22.2 Å². The van der Waals surface area contributed by atoms with Gasteiger partial charge in [-0.05, 0) is 56.3 Å². The van der Waals surface area contributed by atoms with Crippen LogP contribution in [0.5, 0.6) is 0 Å². The number of anilines is 1. The van der Waals surface area contributed by atoms with Crippen molar-refractivity contribution in [1.29, 1.82) is 0 Å². The minimum Gasteiger partial charge on any atom is -0.317 e. The largest absolute Gasteiger partial charge is 0.418 e. The van der Waals surface area contributed by atoms with Crippen molar-refractivity contribution in [3.05, 3.63) is 77.1 Å². The van der Waals surface area contributed by atoms with Crippen LogP contribution in [0.25, 0.3) is 5.69 Å². The van der Waals surface area contributed by atoms with E-state index in [-0.39, 0.29) is 11.6 Å². The van der Waals surface area contributed by atoms with Gasteiger partial charge in [0.15, 0.2) is 0 Å². The zero-order valence-electron chi connectivity index (χ0n) is 16.9. The van der Waals surface area contributed by atoms with Crippen molar-refractivity contribution in [3.8, 4) is 5.69 Å². The average molecular weight is 434 g/mol. The second-order valence-electron chi connectivity index (χ2n) is 6.95. The molecule has 0 N–H and O–H groups in total. The van der Waals surface area contributed by atoms with Crippen LogP contribution in [0.1, 0.15) is 27.3 Å². The predicted molar refractivity (Wildman–Crippen MR) is 112 cm³/mol. The minimum atomic E-state index is -4.51. The quantitative estimate of drug-likeness (QED) is 0.572. The second-order valence-corrected chi connectivity index (χ2v) is 8.33. The summed E-state index contributed by atoms with van der Waals surface area (Å²) in [6, 6.07) is 13.6. The molecule has 3 aromatic rings. The lowest BCUT2D eigenvalue weighted by Crippen LogP contribution is -2.26. The van der Waals surface area contributed by atoms with E-state index in [4.69, 9.17) is 0 Å². The molecular formula is C22H21F3N2O2S. The molecular weight excluding hydrogens is 413 g/mol. The van der Waals surface area contributed by atoms with Crippen molar-refractivity contribution in [1.82, 2.24) is 4.57 Å². The second kappa shape index (κ2) is 8.10. The number of alkyl halides is 3. The lowest BCUT2D eigenvalue weighted by Gasteiger charge is -2.19.